The van der Waals surface area contributed by atoms with Crippen LogP contribution in [0.5, 0.6) is 5.75 Å². The Hall–Kier alpha value is -1.84. The number of hydrogen-bond acceptors (Lipinski definition) is 3. The zero-order valence-electron chi connectivity index (χ0n) is 20.9. The van der Waals surface area contributed by atoms with E-state index in [0.29, 0.717) is 6.10 Å². The van der Waals surface area contributed by atoms with Gasteiger partial charge in [-0.15, -0.1) is 0 Å². The van der Waals surface area contributed by atoms with Crippen molar-refractivity contribution in [3.63, 3.8) is 0 Å². The molecule has 0 radical (unpaired) electrons. The molecule has 1 aliphatic heterocycles. The smallest absolute Gasteiger partial charge is 0.127 e. The molecule has 3 nitrogen and oxygen atoms in total. The highest BCUT2D eigenvalue weighted by atomic mass is 16.6. The van der Waals surface area contributed by atoms with E-state index in [1.165, 1.54) is 68.9 Å². The summed E-state index contributed by atoms with van der Waals surface area (Å²) in [6.07, 6.45) is 14.4. The Bertz CT molecular complexity index is 771. The lowest BCUT2D eigenvalue weighted by molar-refractivity contribution is 0.0742. The lowest BCUT2D eigenvalue weighted by Crippen LogP contribution is -2.21. The third-order valence-electron chi connectivity index (χ3n) is 6.95. The van der Waals surface area contributed by atoms with Gasteiger partial charge in [-0.2, -0.15) is 0 Å². The molecule has 2 atom stereocenters. The summed E-state index contributed by atoms with van der Waals surface area (Å²) in [6.45, 7) is 6.79. The second kappa shape index (κ2) is 14.4. The van der Waals surface area contributed by atoms with Crippen LogP contribution in [0, 0.1) is 0 Å². The molecule has 1 heterocycles. The minimum Gasteiger partial charge on any atom is -0.493 e. The van der Waals surface area contributed by atoms with E-state index in [1.807, 2.05) is 0 Å². The predicted molar refractivity (Wildman–Crippen MR) is 138 cm³/mol. The molecule has 0 N–H and O–H groups in total. The average Bonchev–Trinajstić information content (AvgIpc) is 3.51. The van der Waals surface area contributed by atoms with Crippen molar-refractivity contribution in [1.29, 1.82) is 0 Å². The van der Waals surface area contributed by atoms with Crippen molar-refractivity contribution in [1.82, 2.24) is 0 Å². The molecule has 0 aromatic heterocycles. The average molecular weight is 453 g/mol. The number of unbranched alkanes of at least 4 members (excludes halogenated alkanes) is 9. The van der Waals surface area contributed by atoms with Gasteiger partial charge in [0.25, 0.3) is 0 Å². The number of epoxide rings is 1. The Kier molecular flexibility index (Phi) is 11.3. The maximum absolute atomic E-state index is 6.11. The highest BCUT2D eigenvalue weighted by Crippen LogP contribution is 2.39. The third kappa shape index (κ3) is 8.79. The van der Waals surface area contributed by atoms with Crippen LogP contribution in [0.4, 0.5) is 0 Å². The number of hydrogen-bond donors (Lipinski definition) is 0. The van der Waals surface area contributed by atoms with Crippen LogP contribution in [-0.4, -0.2) is 31.5 Å². The van der Waals surface area contributed by atoms with Crippen LogP contribution in [0.25, 0.3) is 11.1 Å². The standard InChI is InChI=1S/C30H44O3/c1-3-30(26(2)33-30)25-31-23-17-10-8-6-4-5-7-9-11-18-24-32-29-22-16-15-21-28(29)27-19-13-12-14-20-27/h12-16,19-22,26H,3-11,17-18,23-25H2,1-2H3. The lowest BCUT2D eigenvalue weighted by atomic mass is 10.0. The van der Waals surface area contributed by atoms with Crippen LogP contribution in [-0.2, 0) is 9.47 Å². The highest BCUT2D eigenvalue weighted by Gasteiger charge is 2.51. The van der Waals surface area contributed by atoms with Gasteiger partial charge in [0.05, 0.1) is 19.3 Å². The number of rotatable bonds is 18. The van der Waals surface area contributed by atoms with Crippen molar-refractivity contribution in [2.75, 3.05) is 19.8 Å². The van der Waals surface area contributed by atoms with Gasteiger partial charge in [0.2, 0.25) is 0 Å². The summed E-state index contributed by atoms with van der Waals surface area (Å²) in [5.74, 6) is 0.995. The molecule has 0 bridgehead atoms. The maximum Gasteiger partial charge on any atom is 0.127 e. The van der Waals surface area contributed by atoms with Gasteiger partial charge >= 0.3 is 0 Å². The third-order valence-corrected chi connectivity index (χ3v) is 6.95. The highest BCUT2D eigenvalue weighted by molar-refractivity contribution is 5.70. The number of ether oxygens (including phenoxy) is 3. The first-order valence-electron chi connectivity index (χ1n) is 13.3. The quantitative estimate of drug-likeness (QED) is 0.169. The second-order valence-corrected chi connectivity index (χ2v) is 9.48. The minimum absolute atomic E-state index is 0.0405. The van der Waals surface area contributed by atoms with Crippen LogP contribution in [0.2, 0.25) is 0 Å². The fourth-order valence-electron chi connectivity index (χ4n) is 4.54. The molecule has 0 aliphatic carbocycles. The lowest BCUT2D eigenvalue weighted by Gasteiger charge is -2.11. The van der Waals surface area contributed by atoms with Gasteiger partial charge in [-0.05, 0) is 37.8 Å². The second-order valence-electron chi connectivity index (χ2n) is 9.48. The van der Waals surface area contributed by atoms with E-state index < -0.39 is 0 Å². The Morgan fingerprint density at radius 1 is 0.727 bits per heavy atom. The van der Waals surface area contributed by atoms with Crippen molar-refractivity contribution >= 4 is 0 Å². The van der Waals surface area contributed by atoms with Crippen molar-refractivity contribution in [3.05, 3.63) is 54.6 Å². The summed E-state index contributed by atoms with van der Waals surface area (Å²) in [4.78, 5) is 0. The minimum atomic E-state index is 0.0405. The zero-order chi connectivity index (χ0) is 23.2. The van der Waals surface area contributed by atoms with Gasteiger partial charge in [-0.3, -0.25) is 0 Å². The molecule has 0 spiro atoms. The van der Waals surface area contributed by atoms with Crippen LogP contribution >= 0.6 is 0 Å². The molecule has 182 valence electrons. The molecular formula is C30H44O3. The van der Waals surface area contributed by atoms with Crippen LogP contribution < -0.4 is 4.74 Å². The van der Waals surface area contributed by atoms with Gasteiger partial charge in [-0.1, -0.05) is 107 Å². The van der Waals surface area contributed by atoms with Crippen molar-refractivity contribution in [3.8, 4) is 16.9 Å². The molecule has 3 rings (SSSR count). The zero-order valence-corrected chi connectivity index (χ0v) is 20.9. The Morgan fingerprint density at radius 2 is 1.27 bits per heavy atom. The van der Waals surface area contributed by atoms with E-state index in [2.05, 4.69) is 68.4 Å². The first-order chi connectivity index (χ1) is 16.2. The summed E-state index contributed by atoms with van der Waals surface area (Å²) in [5, 5.41) is 0. The Labute approximate surface area is 201 Å². The van der Waals surface area contributed by atoms with E-state index in [9.17, 15) is 0 Å². The molecule has 2 unspecified atom stereocenters. The molecule has 3 heteroatoms. The van der Waals surface area contributed by atoms with E-state index in [-0.39, 0.29) is 5.60 Å². The van der Waals surface area contributed by atoms with E-state index in [4.69, 9.17) is 14.2 Å². The molecule has 1 fully saturated rings. The normalized spacial score (nSPS) is 19.5. The first-order valence-corrected chi connectivity index (χ1v) is 13.3. The van der Waals surface area contributed by atoms with E-state index in [1.54, 1.807) is 0 Å². The van der Waals surface area contributed by atoms with Gasteiger partial charge in [-0.25, -0.2) is 0 Å². The summed E-state index contributed by atoms with van der Waals surface area (Å²) in [5.41, 5.74) is 2.44. The number of benzene rings is 2. The maximum atomic E-state index is 6.11. The fourth-order valence-corrected chi connectivity index (χ4v) is 4.54. The monoisotopic (exact) mass is 452 g/mol. The molecule has 0 amide bonds. The molecule has 1 aliphatic rings. The van der Waals surface area contributed by atoms with Crippen LogP contribution in [0.15, 0.2) is 54.6 Å². The van der Waals surface area contributed by atoms with Crippen molar-refractivity contribution in [2.24, 2.45) is 0 Å². The summed E-state index contributed by atoms with van der Waals surface area (Å²) in [6, 6.07) is 18.8. The molecule has 0 saturated carbocycles. The largest absolute Gasteiger partial charge is 0.493 e. The summed E-state index contributed by atoms with van der Waals surface area (Å²) >= 11 is 0. The Morgan fingerprint density at radius 3 is 1.88 bits per heavy atom. The van der Waals surface area contributed by atoms with Crippen LogP contribution in [0.1, 0.15) is 84.5 Å². The van der Waals surface area contributed by atoms with Gasteiger partial charge in [0.15, 0.2) is 0 Å². The SMILES string of the molecule is CCC1(COCCCCCCCCCCCCOc2ccccc2-c2ccccc2)OC1C. The number of para-hydroxylation sites is 1. The van der Waals surface area contributed by atoms with Crippen LogP contribution in [0.3, 0.4) is 0 Å². The summed E-state index contributed by atoms with van der Waals surface area (Å²) < 4.78 is 17.6. The fraction of sp³-hybridized carbons (Fsp3) is 0.600. The van der Waals surface area contributed by atoms with Crippen molar-refractivity contribution < 1.29 is 14.2 Å². The van der Waals surface area contributed by atoms with E-state index >= 15 is 0 Å². The van der Waals surface area contributed by atoms with Gasteiger partial charge in [0.1, 0.15) is 11.4 Å². The Balaban J connectivity index is 1.11. The topological polar surface area (TPSA) is 31.0 Å². The predicted octanol–water partition coefficient (Wildman–Crippen LogP) is 8.22. The molecule has 2 aromatic rings. The van der Waals surface area contributed by atoms with Gasteiger partial charge in [0, 0.05) is 12.2 Å². The first kappa shape index (κ1) is 25.8. The van der Waals surface area contributed by atoms with E-state index in [0.717, 1.165) is 38.4 Å². The molecule has 1 saturated heterocycles. The molecular weight excluding hydrogens is 408 g/mol. The molecule has 2 aromatic carbocycles. The molecule has 33 heavy (non-hydrogen) atoms. The summed E-state index contributed by atoms with van der Waals surface area (Å²) in [7, 11) is 0. The van der Waals surface area contributed by atoms with Gasteiger partial charge < -0.3 is 14.2 Å². The van der Waals surface area contributed by atoms with Crippen molar-refractivity contribution in [2.45, 2.75) is 96.2 Å².